The molecule has 10 radical (unpaired) electrons. The molecule has 0 aliphatic carbocycles. The molecule has 1 aliphatic rings. The van der Waals surface area contributed by atoms with Crippen molar-refractivity contribution in [3.05, 3.63) is 10.4 Å². The molecule has 1 atom stereocenters. The Morgan fingerprint density at radius 1 is 1.16 bits per heavy atom. The molecule has 0 spiro atoms. The molecule has 1 fully saturated rings. The molecule has 0 aromatic rings. The summed E-state index contributed by atoms with van der Waals surface area (Å²) in [6.45, 7) is 0.977. The lowest BCUT2D eigenvalue weighted by Gasteiger charge is -2.25. The van der Waals surface area contributed by atoms with E-state index in [-0.39, 0.29) is 12.8 Å². The average molecular weight is 233 g/mol. The van der Waals surface area contributed by atoms with Gasteiger partial charge in [-0.3, -0.25) is 0 Å². The molecule has 0 N–H and O–H groups in total. The maximum absolute atomic E-state index is 8.17. The lowest BCUT2D eigenvalue weighted by molar-refractivity contribution is 0.695. The lowest BCUT2D eigenvalue weighted by Crippen LogP contribution is -2.63. The summed E-state index contributed by atoms with van der Waals surface area (Å²) in [5.41, 5.74) is 8.17. The SMILES string of the molecule is [B]B([B])B([B])B(B([B])[B])B1CC1CCCCN=[N+]=[N-]. The first-order chi connectivity index (χ1) is 8.99. The number of hydrogen-bond acceptors (Lipinski definition) is 1. The maximum Gasteiger partial charge on any atom is 0.0927 e. The van der Waals surface area contributed by atoms with Crippen molar-refractivity contribution in [2.75, 3.05) is 6.54 Å². The van der Waals surface area contributed by atoms with E-state index in [0.717, 1.165) is 25.6 Å². The van der Waals surface area contributed by atoms with E-state index in [2.05, 4.69) is 10.0 Å². The summed E-state index contributed by atoms with van der Waals surface area (Å²) in [5.74, 6) is 0.593. The van der Waals surface area contributed by atoms with Gasteiger partial charge in [-0.05, 0) is 12.0 Å². The highest BCUT2D eigenvalue weighted by molar-refractivity contribution is 8.01. The van der Waals surface area contributed by atoms with Crippen LogP contribution in [0, 0.1) is 0 Å². The molecule has 0 saturated carbocycles. The smallest absolute Gasteiger partial charge is 0.0927 e. The van der Waals surface area contributed by atoms with E-state index in [4.69, 9.17) is 44.2 Å². The van der Waals surface area contributed by atoms with Crippen molar-refractivity contribution in [1.82, 2.24) is 0 Å². The van der Waals surface area contributed by atoms with Crippen molar-refractivity contribution in [3.8, 4) is 0 Å². The summed E-state index contributed by atoms with van der Waals surface area (Å²) in [5, 5.41) is 3.51. The molecule has 1 rings (SSSR count). The second-order valence-corrected chi connectivity index (χ2v) is 5.42. The molecule has 0 amide bonds. The summed E-state index contributed by atoms with van der Waals surface area (Å²) in [7, 11) is 28.9. The summed E-state index contributed by atoms with van der Waals surface area (Å²) < 4.78 is 0. The molecule has 1 heterocycles. The van der Waals surface area contributed by atoms with Gasteiger partial charge in [-0.2, -0.15) is 0 Å². The molecular formula is C6H11B10N3. The van der Waals surface area contributed by atoms with Crippen LogP contribution in [0.3, 0.4) is 0 Å². The van der Waals surface area contributed by atoms with Gasteiger partial charge >= 0.3 is 0 Å². The number of azide groups is 1. The van der Waals surface area contributed by atoms with Crippen LogP contribution in [-0.4, -0.2) is 77.4 Å². The topological polar surface area (TPSA) is 48.8 Å². The van der Waals surface area contributed by atoms with Crippen molar-refractivity contribution in [3.63, 3.8) is 0 Å². The van der Waals surface area contributed by atoms with Crippen LogP contribution in [0.1, 0.15) is 19.3 Å². The quantitative estimate of drug-likeness (QED) is 0.161. The highest BCUT2D eigenvalue weighted by Gasteiger charge is 2.49. The van der Waals surface area contributed by atoms with Crippen LogP contribution < -0.4 is 0 Å². The Labute approximate surface area is 124 Å². The Kier molecular flexibility index (Phi) is 7.42. The van der Waals surface area contributed by atoms with E-state index in [1.54, 1.807) is 0 Å². The van der Waals surface area contributed by atoms with Gasteiger partial charge in [0.25, 0.3) is 0 Å². The van der Waals surface area contributed by atoms with Crippen LogP contribution in [0.5, 0.6) is 0 Å². The van der Waals surface area contributed by atoms with Gasteiger partial charge in [-0.15, -0.1) is 0 Å². The van der Waals surface area contributed by atoms with Crippen LogP contribution in [0.2, 0.25) is 12.1 Å². The van der Waals surface area contributed by atoms with E-state index in [0.29, 0.717) is 19.0 Å². The van der Waals surface area contributed by atoms with Crippen molar-refractivity contribution in [1.29, 1.82) is 0 Å². The van der Waals surface area contributed by atoms with Crippen LogP contribution in [0.4, 0.5) is 0 Å². The fraction of sp³-hybridized carbons (Fsp3) is 1.00. The summed E-state index contributed by atoms with van der Waals surface area (Å²) in [6, 6.07) is 0. The van der Waals surface area contributed by atoms with Gasteiger partial charge in [0.2, 0.25) is 0 Å². The minimum absolute atomic E-state index is 0.0258. The number of unbranched alkanes of at least 4 members (excludes halogenated alkanes) is 1. The molecular weight excluding hydrogens is 222 g/mol. The van der Waals surface area contributed by atoms with Crippen LogP contribution in [0.25, 0.3) is 10.4 Å². The van der Waals surface area contributed by atoms with Gasteiger partial charge in [0.05, 0.1) is 6.60 Å². The predicted octanol–water partition coefficient (Wildman–Crippen LogP) is -1.04. The van der Waals surface area contributed by atoms with Crippen molar-refractivity contribution in [2.45, 2.75) is 31.4 Å². The molecule has 80 valence electrons. The zero-order valence-corrected chi connectivity index (χ0v) is 11.2. The highest BCUT2D eigenvalue weighted by atomic mass is 15.1. The Hall–Kier alpha value is -0.0406. The van der Waals surface area contributed by atoms with Gasteiger partial charge < -0.3 is 0 Å². The van der Waals surface area contributed by atoms with Crippen LogP contribution >= 0.6 is 0 Å². The summed E-state index contributed by atoms with van der Waals surface area (Å²) >= 11 is 0. The fourth-order valence-corrected chi connectivity index (χ4v) is 2.79. The van der Waals surface area contributed by atoms with Gasteiger partial charge in [-0.25, -0.2) is 0 Å². The van der Waals surface area contributed by atoms with Crippen molar-refractivity contribution < 1.29 is 0 Å². The van der Waals surface area contributed by atoms with E-state index in [9.17, 15) is 0 Å². The van der Waals surface area contributed by atoms with Gasteiger partial charge in [0.15, 0.2) is 0 Å². The molecule has 0 aromatic heterocycles. The number of nitrogens with zero attached hydrogens (tertiary/aromatic N) is 3. The molecule has 0 bridgehead atoms. The molecule has 0 aromatic carbocycles. The average Bonchev–Trinajstić information content (AvgIpc) is 3.07. The maximum atomic E-state index is 8.17. The van der Waals surface area contributed by atoms with Crippen molar-refractivity contribution >= 4 is 70.8 Å². The Morgan fingerprint density at radius 3 is 2.37 bits per heavy atom. The zero-order valence-electron chi connectivity index (χ0n) is 11.2. The Bertz CT molecular complexity index is 320. The summed E-state index contributed by atoms with van der Waals surface area (Å²) in [4.78, 5) is 2.72. The minimum atomic E-state index is -0.592. The first-order valence-electron chi connectivity index (χ1n) is 6.77. The zero-order chi connectivity index (χ0) is 14.4. The third-order valence-corrected chi connectivity index (χ3v) is 3.95. The second kappa shape index (κ2) is 8.29. The first kappa shape index (κ1) is 17.0. The fourth-order valence-electron chi connectivity index (χ4n) is 2.79. The van der Waals surface area contributed by atoms with Gasteiger partial charge in [0, 0.05) is 75.7 Å². The van der Waals surface area contributed by atoms with Gasteiger partial charge in [-0.1, -0.05) is 30.1 Å². The molecule has 1 aliphatic heterocycles. The molecule has 1 saturated heterocycles. The summed E-state index contributed by atoms with van der Waals surface area (Å²) in [6.07, 6.45) is 2.65. The van der Waals surface area contributed by atoms with Crippen LogP contribution in [0.15, 0.2) is 5.11 Å². The van der Waals surface area contributed by atoms with Gasteiger partial charge in [0.1, 0.15) is 0 Å². The monoisotopic (exact) mass is 235 g/mol. The third kappa shape index (κ3) is 5.45. The van der Waals surface area contributed by atoms with Crippen LogP contribution in [-0.2, 0) is 0 Å². The minimum Gasteiger partial charge on any atom is -0.0940 e. The largest absolute Gasteiger partial charge is 0.0940 e. The number of hydrogen-bond donors (Lipinski definition) is 0. The molecule has 1 unspecified atom stereocenters. The Morgan fingerprint density at radius 2 is 1.84 bits per heavy atom. The lowest BCUT2D eigenvalue weighted by atomic mass is 8.57. The standard InChI is InChI=1S/C6H11B10N3/c7-13(8)15(11)16(14(9)10)12-5-6(12)3-1-2-4-18-19-17/h6H,1-5H2. The van der Waals surface area contributed by atoms with E-state index < -0.39 is 12.8 Å². The number of rotatable bonds is 9. The van der Waals surface area contributed by atoms with E-state index in [1.165, 1.54) is 0 Å². The van der Waals surface area contributed by atoms with Crippen molar-refractivity contribution in [2.24, 2.45) is 5.11 Å². The Balaban J connectivity index is 2.33. The normalized spacial score (nSPS) is 16.4. The second-order valence-electron chi connectivity index (χ2n) is 5.42. The predicted molar refractivity (Wildman–Crippen MR) is 94.0 cm³/mol. The first-order valence-corrected chi connectivity index (χ1v) is 6.77. The highest BCUT2D eigenvalue weighted by Crippen LogP contribution is 2.43. The van der Waals surface area contributed by atoms with E-state index in [1.807, 2.05) is 0 Å². The van der Waals surface area contributed by atoms with E-state index >= 15 is 0 Å². The molecule has 3 nitrogen and oxygen atoms in total. The third-order valence-electron chi connectivity index (χ3n) is 3.95. The molecule has 13 heteroatoms. The molecule has 19 heavy (non-hydrogen) atoms.